The minimum Gasteiger partial charge on any atom is -0.371 e. The summed E-state index contributed by atoms with van der Waals surface area (Å²) in [6.45, 7) is 10.1. The second kappa shape index (κ2) is 9.03. The van der Waals surface area contributed by atoms with Crippen molar-refractivity contribution in [2.45, 2.75) is 59.5 Å². The van der Waals surface area contributed by atoms with Crippen LogP contribution in [-0.4, -0.2) is 30.2 Å². The van der Waals surface area contributed by atoms with Crippen molar-refractivity contribution in [2.24, 2.45) is 0 Å². The van der Waals surface area contributed by atoms with E-state index in [-0.39, 0.29) is 6.10 Å². The van der Waals surface area contributed by atoms with Crippen LogP contribution in [0, 0.1) is 0 Å². The number of rotatable bonds is 9. The fourth-order valence-corrected chi connectivity index (χ4v) is 2.45. The second-order valence-corrected chi connectivity index (χ2v) is 4.87. The lowest BCUT2D eigenvalue weighted by molar-refractivity contribution is 0.0531. The first kappa shape index (κ1) is 17.1. The van der Waals surface area contributed by atoms with Gasteiger partial charge in [-0.3, -0.25) is 0 Å². The molecule has 20 heavy (non-hydrogen) atoms. The molecular weight excluding hydrogens is 250 g/mol. The van der Waals surface area contributed by atoms with Gasteiger partial charge in [0, 0.05) is 18.0 Å². The average Bonchev–Trinajstić information content (AvgIpc) is 2.49. The van der Waals surface area contributed by atoms with Crippen LogP contribution < -0.4 is 5.32 Å². The molecule has 1 aromatic heterocycles. The van der Waals surface area contributed by atoms with Gasteiger partial charge in [-0.15, -0.1) is 0 Å². The van der Waals surface area contributed by atoms with Gasteiger partial charge in [0.2, 0.25) is 0 Å². The van der Waals surface area contributed by atoms with E-state index in [1.54, 1.807) is 0 Å². The highest BCUT2D eigenvalue weighted by atomic mass is 16.5. The number of ether oxygens (including phenoxy) is 1. The molecule has 1 aromatic rings. The quantitative estimate of drug-likeness (QED) is 0.755. The van der Waals surface area contributed by atoms with Crippen LogP contribution in [0.2, 0.25) is 0 Å². The lowest BCUT2D eigenvalue weighted by Crippen LogP contribution is -2.18. The third-order valence-corrected chi connectivity index (χ3v) is 3.52. The lowest BCUT2D eigenvalue weighted by Gasteiger charge is -2.18. The summed E-state index contributed by atoms with van der Waals surface area (Å²) in [5.41, 5.74) is 3.68. The summed E-state index contributed by atoms with van der Waals surface area (Å²) >= 11 is 0. The Morgan fingerprint density at radius 1 is 1.05 bits per heavy atom. The van der Waals surface area contributed by atoms with Crippen LogP contribution in [0.1, 0.15) is 63.0 Å². The Bertz CT molecular complexity index is 382. The SMILES string of the molecule is CCOC(CC)c1nc(CC)c(CCNC)c(CC)n1. The van der Waals surface area contributed by atoms with E-state index in [9.17, 15) is 0 Å². The Labute approximate surface area is 123 Å². The van der Waals surface area contributed by atoms with Crippen molar-refractivity contribution in [1.29, 1.82) is 0 Å². The first-order valence-electron chi connectivity index (χ1n) is 7.86. The van der Waals surface area contributed by atoms with Gasteiger partial charge in [-0.05, 0) is 51.8 Å². The number of likely N-dealkylation sites (N-methyl/N-ethyl adjacent to an activating group) is 1. The Hall–Kier alpha value is -1.00. The van der Waals surface area contributed by atoms with Crippen LogP contribution in [0.5, 0.6) is 0 Å². The van der Waals surface area contributed by atoms with E-state index in [0.717, 1.165) is 38.1 Å². The normalized spacial score (nSPS) is 12.7. The van der Waals surface area contributed by atoms with E-state index in [1.165, 1.54) is 17.0 Å². The molecule has 4 nitrogen and oxygen atoms in total. The molecule has 4 heteroatoms. The molecule has 0 amide bonds. The summed E-state index contributed by atoms with van der Waals surface area (Å²) in [7, 11) is 1.98. The van der Waals surface area contributed by atoms with Crippen LogP contribution in [0.15, 0.2) is 0 Å². The molecule has 1 heterocycles. The monoisotopic (exact) mass is 279 g/mol. The van der Waals surface area contributed by atoms with Gasteiger partial charge in [0.05, 0.1) is 0 Å². The maximum atomic E-state index is 5.76. The molecule has 1 rings (SSSR count). The third kappa shape index (κ3) is 4.25. The van der Waals surface area contributed by atoms with Crippen LogP contribution in [0.4, 0.5) is 0 Å². The Morgan fingerprint density at radius 2 is 1.65 bits per heavy atom. The lowest BCUT2D eigenvalue weighted by atomic mass is 10.0. The maximum Gasteiger partial charge on any atom is 0.157 e. The summed E-state index contributed by atoms with van der Waals surface area (Å²) in [5.74, 6) is 0.858. The van der Waals surface area contributed by atoms with Gasteiger partial charge in [-0.2, -0.15) is 0 Å². The predicted molar refractivity (Wildman–Crippen MR) is 83.1 cm³/mol. The Kier molecular flexibility index (Phi) is 7.70. The summed E-state index contributed by atoms with van der Waals surface area (Å²) in [5, 5.41) is 3.21. The molecule has 1 N–H and O–H groups in total. The molecule has 0 spiro atoms. The standard InChI is InChI=1S/C16H29N3O/c1-6-13-12(10-11-17-5)14(7-2)19-16(18-13)15(8-3)20-9-4/h15,17H,6-11H2,1-5H3. The summed E-state index contributed by atoms with van der Waals surface area (Å²) in [4.78, 5) is 9.56. The van der Waals surface area contributed by atoms with Crippen LogP contribution in [0.25, 0.3) is 0 Å². The van der Waals surface area contributed by atoms with Crippen molar-refractivity contribution in [1.82, 2.24) is 15.3 Å². The molecule has 0 aromatic carbocycles. The molecule has 0 radical (unpaired) electrons. The highest BCUT2D eigenvalue weighted by molar-refractivity contribution is 5.27. The minimum absolute atomic E-state index is 0.0222. The van der Waals surface area contributed by atoms with Crippen molar-refractivity contribution in [2.75, 3.05) is 20.2 Å². The predicted octanol–water partition coefficient (Wildman–Crippen LogP) is 2.85. The van der Waals surface area contributed by atoms with E-state index in [1.807, 2.05) is 14.0 Å². The largest absolute Gasteiger partial charge is 0.371 e. The van der Waals surface area contributed by atoms with Crippen molar-refractivity contribution in [3.8, 4) is 0 Å². The summed E-state index contributed by atoms with van der Waals surface area (Å²) in [6.07, 6.45) is 3.83. The van der Waals surface area contributed by atoms with Gasteiger partial charge in [-0.25, -0.2) is 9.97 Å². The smallest absolute Gasteiger partial charge is 0.157 e. The molecule has 0 aliphatic carbocycles. The highest BCUT2D eigenvalue weighted by Gasteiger charge is 2.17. The molecule has 1 unspecified atom stereocenters. The van der Waals surface area contributed by atoms with Gasteiger partial charge in [0.1, 0.15) is 6.10 Å². The van der Waals surface area contributed by atoms with Crippen LogP contribution in [0.3, 0.4) is 0 Å². The Balaban J connectivity index is 3.16. The molecule has 0 aliphatic rings. The van der Waals surface area contributed by atoms with Gasteiger partial charge in [-0.1, -0.05) is 20.8 Å². The molecule has 0 aliphatic heterocycles. The van der Waals surface area contributed by atoms with Crippen molar-refractivity contribution in [3.05, 3.63) is 22.8 Å². The molecule has 0 fully saturated rings. The number of aryl methyl sites for hydroxylation is 2. The van der Waals surface area contributed by atoms with E-state index in [4.69, 9.17) is 14.7 Å². The first-order chi connectivity index (χ1) is 9.71. The van der Waals surface area contributed by atoms with Gasteiger partial charge in [0.15, 0.2) is 5.82 Å². The number of nitrogens with one attached hydrogen (secondary N) is 1. The van der Waals surface area contributed by atoms with Crippen LogP contribution >= 0.6 is 0 Å². The molecule has 0 bridgehead atoms. The number of hydrogen-bond acceptors (Lipinski definition) is 4. The minimum atomic E-state index is 0.0222. The van der Waals surface area contributed by atoms with Crippen LogP contribution in [-0.2, 0) is 24.0 Å². The zero-order valence-electron chi connectivity index (χ0n) is 13.6. The van der Waals surface area contributed by atoms with Gasteiger partial charge >= 0.3 is 0 Å². The second-order valence-electron chi connectivity index (χ2n) is 4.87. The topological polar surface area (TPSA) is 47.0 Å². The van der Waals surface area contributed by atoms with Crippen molar-refractivity contribution < 1.29 is 4.74 Å². The number of nitrogens with zero attached hydrogens (tertiary/aromatic N) is 2. The molecule has 114 valence electrons. The molecular formula is C16H29N3O. The summed E-state index contributed by atoms with van der Waals surface area (Å²) < 4.78 is 5.76. The van der Waals surface area contributed by atoms with Crippen molar-refractivity contribution in [3.63, 3.8) is 0 Å². The van der Waals surface area contributed by atoms with E-state index in [0.29, 0.717) is 6.61 Å². The fraction of sp³-hybridized carbons (Fsp3) is 0.750. The number of hydrogen-bond donors (Lipinski definition) is 1. The van der Waals surface area contributed by atoms with Gasteiger partial charge in [0.25, 0.3) is 0 Å². The molecule has 0 saturated carbocycles. The zero-order chi connectivity index (χ0) is 15.0. The summed E-state index contributed by atoms with van der Waals surface area (Å²) in [6, 6.07) is 0. The average molecular weight is 279 g/mol. The molecule has 0 saturated heterocycles. The van der Waals surface area contributed by atoms with Crippen molar-refractivity contribution >= 4 is 0 Å². The molecule has 1 atom stereocenters. The third-order valence-electron chi connectivity index (χ3n) is 3.52. The van der Waals surface area contributed by atoms with E-state index < -0.39 is 0 Å². The van der Waals surface area contributed by atoms with Gasteiger partial charge < -0.3 is 10.1 Å². The van der Waals surface area contributed by atoms with E-state index >= 15 is 0 Å². The van der Waals surface area contributed by atoms with E-state index in [2.05, 4.69) is 26.1 Å². The maximum absolute atomic E-state index is 5.76. The Morgan fingerprint density at radius 3 is 2.05 bits per heavy atom. The highest BCUT2D eigenvalue weighted by Crippen LogP contribution is 2.21. The first-order valence-corrected chi connectivity index (χ1v) is 7.86. The zero-order valence-corrected chi connectivity index (χ0v) is 13.6. The number of aromatic nitrogens is 2. The fourth-order valence-electron chi connectivity index (χ4n) is 2.45.